The van der Waals surface area contributed by atoms with E-state index in [1.54, 1.807) is 0 Å². The number of ether oxygens (including phenoxy) is 1. The van der Waals surface area contributed by atoms with E-state index in [4.69, 9.17) is 9.84 Å². The fraction of sp³-hybridized carbons (Fsp3) is 0.778. The summed E-state index contributed by atoms with van der Waals surface area (Å²) in [6, 6.07) is -0.658. The van der Waals surface area contributed by atoms with Crippen molar-refractivity contribution in [2.24, 2.45) is 0 Å². The lowest BCUT2D eigenvalue weighted by atomic mass is 10.2. The van der Waals surface area contributed by atoms with Gasteiger partial charge in [0.2, 0.25) is 5.91 Å². The van der Waals surface area contributed by atoms with E-state index >= 15 is 0 Å². The van der Waals surface area contributed by atoms with Gasteiger partial charge in [-0.05, 0) is 19.8 Å². The number of amides is 1. The zero-order chi connectivity index (χ0) is 10.7. The predicted molar refractivity (Wildman–Crippen MR) is 48.8 cm³/mol. The lowest BCUT2D eigenvalue weighted by Gasteiger charge is -2.25. The number of carbonyl (C=O) groups excluding carboxylic acids is 1. The molecule has 1 aliphatic carbocycles. The van der Waals surface area contributed by atoms with E-state index in [-0.39, 0.29) is 18.6 Å². The van der Waals surface area contributed by atoms with Crippen LogP contribution in [-0.2, 0) is 14.3 Å². The minimum atomic E-state index is -0.971. The van der Waals surface area contributed by atoms with Gasteiger partial charge in [-0.1, -0.05) is 0 Å². The van der Waals surface area contributed by atoms with Crippen LogP contribution in [-0.4, -0.2) is 47.7 Å². The van der Waals surface area contributed by atoms with Crippen molar-refractivity contribution in [3.05, 3.63) is 0 Å². The van der Waals surface area contributed by atoms with E-state index in [1.807, 2.05) is 0 Å². The van der Waals surface area contributed by atoms with Crippen molar-refractivity contribution in [1.29, 1.82) is 0 Å². The lowest BCUT2D eigenvalue weighted by Crippen LogP contribution is -2.46. The zero-order valence-corrected chi connectivity index (χ0v) is 8.40. The number of rotatable bonds is 5. The molecule has 0 radical (unpaired) electrons. The summed E-state index contributed by atoms with van der Waals surface area (Å²) in [5.74, 6) is -1.22. The minimum Gasteiger partial charge on any atom is -0.480 e. The van der Waals surface area contributed by atoms with Crippen LogP contribution in [0.1, 0.15) is 19.8 Å². The molecular formula is C9H15NO4. The van der Waals surface area contributed by atoms with Gasteiger partial charge in [0.05, 0.1) is 0 Å². The van der Waals surface area contributed by atoms with E-state index < -0.39 is 12.0 Å². The molecule has 1 rings (SSSR count). The smallest absolute Gasteiger partial charge is 0.326 e. The fourth-order valence-electron chi connectivity index (χ4n) is 1.41. The average Bonchev–Trinajstić information content (AvgIpc) is 2.89. The molecular weight excluding hydrogens is 186 g/mol. The van der Waals surface area contributed by atoms with Crippen molar-refractivity contribution in [2.75, 3.05) is 13.7 Å². The van der Waals surface area contributed by atoms with Gasteiger partial charge in [-0.15, -0.1) is 0 Å². The number of hydrogen-bond acceptors (Lipinski definition) is 3. The molecule has 80 valence electrons. The fourth-order valence-corrected chi connectivity index (χ4v) is 1.41. The summed E-state index contributed by atoms with van der Waals surface area (Å²) in [6.07, 6.45) is 1.79. The molecule has 5 heteroatoms. The number of methoxy groups -OCH3 is 1. The van der Waals surface area contributed by atoms with Crippen LogP contribution in [0, 0.1) is 0 Å². The highest BCUT2D eigenvalue weighted by atomic mass is 16.5. The first kappa shape index (κ1) is 11.0. The van der Waals surface area contributed by atoms with Gasteiger partial charge in [0.1, 0.15) is 12.6 Å². The van der Waals surface area contributed by atoms with Crippen LogP contribution in [0.4, 0.5) is 0 Å². The van der Waals surface area contributed by atoms with Crippen molar-refractivity contribution in [3.8, 4) is 0 Å². The van der Waals surface area contributed by atoms with Crippen molar-refractivity contribution in [1.82, 2.24) is 4.90 Å². The first-order chi connectivity index (χ1) is 6.57. The molecule has 0 spiro atoms. The van der Waals surface area contributed by atoms with Crippen molar-refractivity contribution >= 4 is 11.9 Å². The Bertz CT molecular complexity index is 237. The second kappa shape index (κ2) is 4.41. The largest absolute Gasteiger partial charge is 0.480 e. The van der Waals surface area contributed by atoms with Crippen molar-refractivity contribution in [2.45, 2.75) is 31.8 Å². The van der Waals surface area contributed by atoms with Crippen LogP contribution in [0.5, 0.6) is 0 Å². The Morgan fingerprint density at radius 3 is 2.50 bits per heavy atom. The van der Waals surface area contributed by atoms with Gasteiger partial charge in [-0.3, -0.25) is 4.79 Å². The molecule has 0 aromatic heterocycles. The molecule has 5 nitrogen and oxygen atoms in total. The summed E-state index contributed by atoms with van der Waals surface area (Å²) in [4.78, 5) is 23.7. The molecule has 0 aromatic carbocycles. The van der Waals surface area contributed by atoms with E-state index in [2.05, 4.69) is 0 Å². The Hall–Kier alpha value is -1.10. The highest BCUT2D eigenvalue weighted by Crippen LogP contribution is 2.28. The van der Waals surface area contributed by atoms with Crippen molar-refractivity contribution < 1.29 is 19.4 Å². The van der Waals surface area contributed by atoms with Gasteiger partial charge < -0.3 is 14.7 Å². The van der Waals surface area contributed by atoms with Crippen LogP contribution < -0.4 is 0 Å². The maximum absolute atomic E-state index is 11.5. The summed E-state index contributed by atoms with van der Waals surface area (Å²) < 4.78 is 4.71. The van der Waals surface area contributed by atoms with Gasteiger partial charge in [-0.2, -0.15) is 0 Å². The van der Waals surface area contributed by atoms with Crippen LogP contribution in [0.25, 0.3) is 0 Å². The molecule has 0 aromatic rings. The number of carbonyl (C=O) groups is 2. The summed E-state index contributed by atoms with van der Waals surface area (Å²) in [5, 5.41) is 8.81. The number of nitrogens with zero attached hydrogens (tertiary/aromatic N) is 1. The van der Waals surface area contributed by atoms with E-state index in [1.165, 1.54) is 18.9 Å². The van der Waals surface area contributed by atoms with Crippen LogP contribution in [0.2, 0.25) is 0 Å². The highest BCUT2D eigenvalue weighted by molar-refractivity contribution is 5.84. The second-order valence-corrected chi connectivity index (χ2v) is 3.48. The van der Waals surface area contributed by atoms with Crippen molar-refractivity contribution in [3.63, 3.8) is 0 Å². The Balaban J connectivity index is 2.63. The Kier molecular flexibility index (Phi) is 3.46. The normalized spacial score (nSPS) is 17.6. The Labute approximate surface area is 82.6 Å². The topological polar surface area (TPSA) is 66.8 Å². The number of carboxylic acids is 1. The number of carboxylic acid groups (broad SMARTS) is 1. The number of aliphatic carboxylic acids is 1. The molecule has 14 heavy (non-hydrogen) atoms. The molecule has 0 saturated heterocycles. The monoisotopic (exact) mass is 201 g/mol. The molecule has 0 aliphatic heterocycles. The summed E-state index contributed by atoms with van der Waals surface area (Å²) in [6.45, 7) is 1.47. The highest BCUT2D eigenvalue weighted by Gasteiger charge is 2.37. The van der Waals surface area contributed by atoms with Crippen LogP contribution in [0.15, 0.2) is 0 Å². The quantitative estimate of drug-likeness (QED) is 0.685. The third-order valence-electron chi connectivity index (χ3n) is 2.27. The molecule has 1 saturated carbocycles. The van der Waals surface area contributed by atoms with Gasteiger partial charge in [0, 0.05) is 13.2 Å². The minimum absolute atomic E-state index is 0.0475. The van der Waals surface area contributed by atoms with E-state index in [0.29, 0.717) is 0 Å². The molecule has 1 unspecified atom stereocenters. The second-order valence-electron chi connectivity index (χ2n) is 3.48. The maximum Gasteiger partial charge on any atom is 0.326 e. The van der Waals surface area contributed by atoms with Gasteiger partial charge in [-0.25, -0.2) is 4.79 Å². The maximum atomic E-state index is 11.5. The molecule has 1 amide bonds. The number of hydrogen-bond donors (Lipinski definition) is 1. The first-order valence-corrected chi connectivity index (χ1v) is 4.60. The summed E-state index contributed by atoms with van der Waals surface area (Å²) in [5.41, 5.74) is 0. The van der Waals surface area contributed by atoms with Gasteiger partial charge >= 0.3 is 5.97 Å². The molecule has 1 atom stereocenters. The zero-order valence-electron chi connectivity index (χ0n) is 8.40. The van der Waals surface area contributed by atoms with E-state index in [9.17, 15) is 9.59 Å². The summed E-state index contributed by atoms with van der Waals surface area (Å²) in [7, 11) is 1.43. The summed E-state index contributed by atoms with van der Waals surface area (Å²) >= 11 is 0. The van der Waals surface area contributed by atoms with E-state index in [0.717, 1.165) is 12.8 Å². The van der Waals surface area contributed by atoms with Crippen LogP contribution in [0.3, 0.4) is 0 Å². The molecule has 1 aliphatic rings. The average molecular weight is 201 g/mol. The van der Waals surface area contributed by atoms with Gasteiger partial charge in [0.25, 0.3) is 0 Å². The van der Waals surface area contributed by atoms with Crippen LogP contribution >= 0.6 is 0 Å². The molecule has 1 fully saturated rings. The molecule has 0 heterocycles. The predicted octanol–water partition coefficient (Wildman–Crippen LogP) is 0.0969. The lowest BCUT2D eigenvalue weighted by molar-refractivity contribution is -0.151. The third kappa shape index (κ3) is 2.45. The molecule has 1 N–H and O–H groups in total. The third-order valence-corrected chi connectivity index (χ3v) is 2.27. The Morgan fingerprint density at radius 1 is 1.57 bits per heavy atom. The standard InChI is InChI=1S/C9H15NO4/c1-6(9(12)13)10(7-3-4-7)8(11)5-14-2/h6-7H,3-5H2,1-2H3,(H,12,13). The van der Waals surface area contributed by atoms with Gasteiger partial charge in [0.15, 0.2) is 0 Å². The SMILES string of the molecule is COCC(=O)N(C1CC1)C(C)C(=O)O. The first-order valence-electron chi connectivity index (χ1n) is 4.60. The Morgan fingerprint density at radius 2 is 2.14 bits per heavy atom. The molecule has 0 bridgehead atoms.